The van der Waals surface area contributed by atoms with Crippen molar-refractivity contribution < 1.29 is 0 Å². The summed E-state index contributed by atoms with van der Waals surface area (Å²) in [5.41, 5.74) is 1.27. The molecule has 1 atom stereocenters. The first-order valence-electron chi connectivity index (χ1n) is 7.24. The highest BCUT2D eigenvalue weighted by Gasteiger charge is 2.09. The topological polar surface area (TPSA) is 27.3 Å². The number of nitrogens with zero attached hydrogens (tertiary/aromatic N) is 1. The molecule has 2 rings (SSSR count). The van der Waals surface area contributed by atoms with Crippen LogP contribution in [0.1, 0.15) is 18.5 Å². The average molecular weight is 301 g/mol. The van der Waals surface area contributed by atoms with E-state index in [1.807, 2.05) is 0 Å². The van der Waals surface area contributed by atoms with Crippen molar-refractivity contribution in [3.8, 4) is 0 Å². The first-order chi connectivity index (χ1) is 10.1. The molecule has 0 saturated heterocycles. The Balaban J connectivity index is 2.02. The van der Waals surface area contributed by atoms with Gasteiger partial charge in [-0.25, -0.2) is 0 Å². The van der Waals surface area contributed by atoms with E-state index in [9.17, 15) is 0 Å². The highest BCUT2D eigenvalue weighted by Crippen LogP contribution is 2.23. The standard InChI is InChI=1S/C17H23N3S/c1-13(19-17(21)18-11-12-20(2)3)15-10-6-8-14-7-4-5-9-16(14)15/h4-10,13H,11-12H2,1-3H3,(H2,18,19,21)/t13-/m0/s1. The van der Waals surface area contributed by atoms with Crippen molar-refractivity contribution in [2.75, 3.05) is 27.2 Å². The van der Waals surface area contributed by atoms with Crippen LogP contribution in [0.4, 0.5) is 0 Å². The molecular formula is C17H23N3S. The largest absolute Gasteiger partial charge is 0.361 e. The first kappa shape index (κ1) is 15.7. The molecule has 0 fully saturated rings. The zero-order valence-electron chi connectivity index (χ0n) is 12.9. The minimum absolute atomic E-state index is 0.176. The highest BCUT2D eigenvalue weighted by atomic mass is 32.1. The summed E-state index contributed by atoms with van der Waals surface area (Å²) >= 11 is 5.36. The van der Waals surface area contributed by atoms with Gasteiger partial charge in [0.25, 0.3) is 0 Å². The third-order valence-corrected chi connectivity index (χ3v) is 3.74. The Hall–Kier alpha value is -1.65. The van der Waals surface area contributed by atoms with Crippen LogP contribution >= 0.6 is 12.2 Å². The second-order valence-corrected chi connectivity index (χ2v) is 5.90. The number of benzene rings is 2. The maximum atomic E-state index is 5.36. The smallest absolute Gasteiger partial charge is 0.166 e. The van der Waals surface area contributed by atoms with E-state index >= 15 is 0 Å². The molecule has 2 aromatic rings. The summed E-state index contributed by atoms with van der Waals surface area (Å²) in [6.07, 6.45) is 0. The molecule has 0 bridgehead atoms. The summed E-state index contributed by atoms with van der Waals surface area (Å²) in [6.45, 7) is 3.95. The maximum absolute atomic E-state index is 5.36. The van der Waals surface area contributed by atoms with Crippen LogP contribution in [0.3, 0.4) is 0 Å². The number of fused-ring (bicyclic) bond motifs is 1. The van der Waals surface area contributed by atoms with E-state index in [-0.39, 0.29) is 6.04 Å². The number of hydrogen-bond acceptors (Lipinski definition) is 2. The maximum Gasteiger partial charge on any atom is 0.166 e. The van der Waals surface area contributed by atoms with Crippen LogP contribution in [0.15, 0.2) is 42.5 Å². The number of nitrogens with one attached hydrogen (secondary N) is 2. The lowest BCUT2D eigenvalue weighted by molar-refractivity contribution is 0.412. The second kappa shape index (κ2) is 7.38. The monoisotopic (exact) mass is 301 g/mol. The summed E-state index contributed by atoms with van der Waals surface area (Å²) in [7, 11) is 4.10. The Labute approximate surface area is 132 Å². The molecular weight excluding hydrogens is 278 g/mol. The summed E-state index contributed by atoms with van der Waals surface area (Å²) < 4.78 is 0. The third-order valence-electron chi connectivity index (χ3n) is 3.48. The predicted octanol–water partition coefficient (Wildman–Crippen LogP) is 2.93. The molecule has 0 unspecified atom stereocenters. The first-order valence-corrected chi connectivity index (χ1v) is 7.65. The van der Waals surface area contributed by atoms with Crippen molar-refractivity contribution in [1.29, 1.82) is 0 Å². The quantitative estimate of drug-likeness (QED) is 0.831. The Morgan fingerprint density at radius 2 is 1.86 bits per heavy atom. The van der Waals surface area contributed by atoms with Crippen molar-refractivity contribution in [2.24, 2.45) is 0 Å². The van der Waals surface area contributed by atoms with Gasteiger partial charge in [0.15, 0.2) is 5.11 Å². The van der Waals surface area contributed by atoms with Crippen molar-refractivity contribution >= 4 is 28.1 Å². The molecule has 112 valence electrons. The van der Waals surface area contributed by atoms with E-state index in [0.29, 0.717) is 5.11 Å². The Morgan fingerprint density at radius 1 is 1.14 bits per heavy atom. The second-order valence-electron chi connectivity index (χ2n) is 5.49. The normalized spacial score (nSPS) is 12.4. The van der Waals surface area contributed by atoms with Crippen LogP contribution in [0.5, 0.6) is 0 Å². The van der Waals surface area contributed by atoms with Crippen LogP contribution in [0.2, 0.25) is 0 Å². The molecule has 0 amide bonds. The van der Waals surface area contributed by atoms with Gasteiger partial charge in [0.05, 0.1) is 6.04 Å². The van der Waals surface area contributed by atoms with Gasteiger partial charge in [-0.05, 0) is 49.6 Å². The van der Waals surface area contributed by atoms with Gasteiger partial charge in [0.1, 0.15) is 0 Å². The fourth-order valence-electron chi connectivity index (χ4n) is 2.35. The molecule has 4 heteroatoms. The Kier molecular flexibility index (Phi) is 5.53. The lowest BCUT2D eigenvalue weighted by Gasteiger charge is -2.19. The van der Waals surface area contributed by atoms with Gasteiger partial charge in [-0.2, -0.15) is 0 Å². The van der Waals surface area contributed by atoms with Gasteiger partial charge in [-0.3, -0.25) is 0 Å². The van der Waals surface area contributed by atoms with Gasteiger partial charge in [0.2, 0.25) is 0 Å². The minimum Gasteiger partial charge on any atom is -0.361 e. The van der Waals surface area contributed by atoms with E-state index < -0.39 is 0 Å². The number of rotatable bonds is 5. The molecule has 21 heavy (non-hydrogen) atoms. The molecule has 0 aromatic heterocycles. The average Bonchev–Trinajstić information content (AvgIpc) is 2.46. The molecule has 0 heterocycles. The third kappa shape index (κ3) is 4.41. The van der Waals surface area contributed by atoms with E-state index in [0.717, 1.165) is 13.1 Å². The van der Waals surface area contributed by atoms with Crippen LogP contribution in [-0.2, 0) is 0 Å². The van der Waals surface area contributed by atoms with Crippen molar-refractivity contribution in [1.82, 2.24) is 15.5 Å². The van der Waals surface area contributed by atoms with Crippen LogP contribution < -0.4 is 10.6 Å². The van der Waals surface area contributed by atoms with Crippen LogP contribution in [0, 0.1) is 0 Å². The van der Waals surface area contributed by atoms with Crippen molar-refractivity contribution in [2.45, 2.75) is 13.0 Å². The van der Waals surface area contributed by atoms with E-state index in [1.165, 1.54) is 16.3 Å². The summed E-state index contributed by atoms with van der Waals surface area (Å²) in [6, 6.07) is 15.0. The molecule has 0 saturated carbocycles. The van der Waals surface area contributed by atoms with E-state index in [4.69, 9.17) is 12.2 Å². The van der Waals surface area contributed by atoms with E-state index in [2.05, 4.69) is 79.0 Å². The number of hydrogen-bond donors (Lipinski definition) is 2. The summed E-state index contributed by atoms with van der Waals surface area (Å²) in [5.74, 6) is 0. The van der Waals surface area contributed by atoms with Gasteiger partial charge >= 0.3 is 0 Å². The minimum atomic E-state index is 0.176. The van der Waals surface area contributed by atoms with Gasteiger partial charge in [-0.15, -0.1) is 0 Å². The predicted molar refractivity (Wildman–Crippen MR) is 94.7 cm³/mol. The Morgan fingerprint density at radius 3 is 2.62 bits per heavy atom. The van der Waals surface area contributed by atoms with Gasteiger partial charge in [0, 0.05) is 13.1 Å². The summed E-state index contributed by atoms with van der Waals surface area (Å²) in [5, 5.41) is 9.84. The summed E-state index contributed by atoms with van der Waals surface area (Å²) in [4.78, 5) is 2.13. The molecule has 0 spiro atoms. The molecule has 0 aliphatic rings. The van der Waals surface area contributed by atoms with Gasteiger partial charge < -0.3 is 15.5 Å². The number of thiocarbonyl (C=S) groups is 1. The zero-order chi connectivity index (χ0) is 15.2. The highest BCUT2D eigenvalue weighted by molar-refractivity contribution is 7.80. The fourth-order valence-corrected chi connectivity index (χ4v) is 2.63. The van der Waals surface area contributed by atoms with Crippen molar-refractivity contribution in [3.05, 3.63) is 48.0 Å². The lowest BCUT2D eigenvalue weighted by atomic mass is 10.00. The van der Waals surface area contributed by atoms with Crippen LogP contribution in [0.25, 0.3) is 10.8 Å². The molecule has 2 N–H and O–H groups in total. The molecule has 0 aliphatic carbocycles. The van der Waals surface area contributed by atoms with Gasteiger partial charge in [-0.1, -0.05) is 42.5 Å². The molecule has 3 nitrogen and oxygen atoms in total. The molecule has 0 radical (unpaired) electrons. The van der Waals surface area contributed by atoms with E-state index in [1.54, 1.807) is 0 Å². The fraction of sp³-hybridized carbons (Fsp3) is 0.353. The zero-order valence-corrected chi connectivity index (χ0v) is 13.7. The molecule has 0 aliphatic heterocycles. The number of likely N-dealkylation sites (N-methyl/N-ethyl adjacent to an activating group) is 1. The van der Waals surface area contributed by atoms with Crippen LogP contribution in [-0.4, -0.2) is 37.2 Å². The SMILES string of the molecule is C[C@H](NC(=S)NCCN(C)C)c1cccc2ccccc12. The van der Waals surface area contributed by atoms with Crippen molar-refractivity contribution in [3.63, 3.8) is 0 Å². The lowest BCUT2D eigenvalue weighted by Crippen LogP contribution is -2.39. The Bertz CT molecular complexity index is 605. The molecule has 2 aromatic carbocycles.